The van der Waals surface area contributed by atoms with E-state index >= 15 is 0 Å². The molecule has 14 heavy (non-hydrogen) atoms. The number of alkyl carbamates (subject to hydrolysis) is 1. The summed E-state index contributed by atoms with van der Waals surface area (Å²) in [5.74, 6) is 0. The molecule has 82 valence electrons. The topological polar surface area (TPSA) is 87.7 Å². The lowest BCUT2D eigenvalue weighted by molar-refractivity contribution is 0.143. The number of hydrogen-bond acceptors (Lipinski definition) is 3. The first-order chi connectivity index (χ1) is 6.60. The third kappa shape index (κ3) is 6.10. The van der Waals surface area contributed by atoms with Gasteiger partial charge in [-0.1, -0.05) is 13.3 Å². The van der Waals surface area contributed by atoms with Gasteiger partial charge in [0.25, 0.3) is 0 Å². The van der Waals surface area contributed by atoms with Crippen LogP contribution < -0.4 is 10.6 Å². The maximum absolute atomic E-state index is 10.9. The van der Waals surface area contributed by atoms with Crippen molar-refractivity contribution in [2.75, 3.05) is 6.61 Å². The van der Waals surface area contributed by atoms with Gasteiger partial charge in [0.15, 0.2) is 0 Å². The van der Waals surface area contributed by atoms with E-state index in [-0.39, 0.29) is 6.61 Å². The monoisotopic (exact) mass is 204 g/mol. The third-order valence-corrected chi connectivity index (χ3v) is 1.44. The summed E-state index contributed by atoms with van der Waals surface area (Å²) in [6.45, 7) is 3.83. The maximum Gasteiger partial charge on any atom is 0.408 e. The molecule has 1 atom stereocenters. The van der Waals surface area contributed by atoms with Gasteiger partial charge in [0.05, 0.1) is 6.61 Å². The quantitative estimate of drug-likeness (QED) is 0.586. The molecule has 0 radical (unpaired) electrons. The summed E-state index contributed by atoms with van der Waals surface area (Å²) in [5.41, 5.74) is 0. The molecule has 1 unspecified atom stereocenters. The Labute approximate surface area is 82.6 Å². The van der Waals surface area contributed by atoms with Gasteiger partial charge in [-0.25, -0.2) is 9.59 Å². The molecule has 0 aliphatic rings. The van der Waals surface area contributed by atoms with Gasteiger partial charge in [-0.05, 0) is 13.3 Å². The van der Waals surface area contributed by atoms with Crippen molar-refractivity contribution in [1.82, 2.24) is 10.6 Å². The van der Waals surface area contributed by atoms with Crippen molar-refractivity contribution in [3.63, 3.8) is 0 Å². The zero-order valence-electron chi connectivity index (χ0n) is 8.37. The van der Waals surface area contributed by atoms with E-state index in [0.29, 0.717) is 6.42 Å². The number of hydrogen-bond donors (Lipinski definition) is 3. The Balaban J connectivity index is 3.94. The SMILES string of the molecule is CCCC(NC(=O)O)NC(=O)OCC. The van der Waals surface area contributed by atoms with Gasteiger partial charge in [0.2, 0.25) is 0 Å². The van der Waals surface area contributed by atoms with Crippen molar-refractivity contribution in [2.24, 2.45) is 0 Å². The van der Waals surface area contributed by atoms with Gasteiger partial charge >= 0.3 is 12.2 Å². The van der Waals surface area contributed by atoms with Crippen LogP contribution in [0, 0.1) is 0 Å². The van der Waals surface area contributed by atoms with E-state index in [1.54, 1.807) is 6.92 Å². The van der Waals surface area contributed by atoms with Crippen LogP contribution in [-0.2, 0) is 4.74 Å². The van der Waals surface area contributed by atoms with Crippen molar-refractivity contribution in [3.05, 3.63) is 0 Å². The number of carboxylic acid groups (broad SMARTS) is 1. The number of amides is 2. The van der Waals surface area contributed by atoms with Crippen molar-refractivity contribution in [3.8, 4) is 0 Å². The molecular weight excluding hydrogens is 188 g/mol. The lowest BCUT2D eigenvalue weighted by Gasteiger charge is -2.17. The summed E-state index contributed by atoms with van der Waals surface area (Å²) in [6.07, 6.45) is -1.07. The van der Waals surface area contributed by atoms with E-state index in [0.717, 1.165) is 6.42 Å². The number of nitrogens with one attached hydrogen (secondary N) is 2. The van der Waals surface area contributed by atoms with Gasteiger partial charge in [-0.2, -0.15) is 0 Å². The maximum atomic E-state index is 10.9. The molecule has 0 spiro atoms. The zero-order chi connectivity index (χ0) is 11.0. The summed E-state index contributed by atoms with van der Waals surface area (Å²) >= 11 is 0. The second-order valence-corrected chi connectivity index (χ2v) is 2.66. The molecule has 0 aromatic carbocycles. The molecule has 0 rings (SSSR count). The lowest BCUT2D eigenvalue weighted by atomic mass is 10.3. The van der Waals surface area contributed by atoms with Crippen LogP contribution in [0.4, 0.5) is 9.59 Å². The number of ether oxygens (including phenoxy) is 1. The molecule has 3 N–H and O–H groups in total. The highest BCUT2D eigenvalue weighted by atomic mass is 16.5. The molecule has 6 nitrogen and oxygen atoms in total. The highest BCUT2D eigenvalue weighted by molar-refractivity contribution is 5.69. The first-order valence-corrected chi connectivity index (χ1v) is 4.52. The molecule has 0 heterocycles. The fourth-order valence-electron chi connectivity index (χ4n) is 0.933. The van der Waals surface area contributed by atoms with Crippen LogP contribution in [-0.4, -0.2) is 30.1 Å². The highest BCUT2D eigenvalue weighted by Gasteiger charge is 2.13. The van der Waals surface area contributed by atoms with Crippen LogP contribution in [0.1, 0.15) is 26.7 Å². The Morgan fingerprint density at radius 2 is 2.00 bits per heavy atom. The minimum absolute atomic E-state index is 0.262. The third-order valence-electron chi connectivity index (χ3n) is 1.44. The number of carbonyl (C=O) groups is 2. The Morgan fingerprint density at radius 1 is 1.36 bits per heavy atom. The van der Waals surface area contributed by atoms with Crippen LogP contribution in [0.2, 0.25) is 0 Å². The van der Waals surface area contributed by atoms with Crippen LogP contribution >= 0.6 is 0 Å². The van der Waals surface area contributed by atoms with E-state index in [4.69, 9.17) is 5.11 Å². The van der Waals surface area contributed by atoms with Crippen molar-refractivity contribution < 1.29 is 19.4 Å². The van der Waals surface area contributed by atoms with Crippen LogP contribution in [0.3, 0.4) is 0 Å². The molecule has 0 fully saturated rings. The van der Waals surface area contributed by atoms with E-state index in [1.807, 2.05) is 6.92 Å². The van der Waals surface area contributed by atoms with Gasteiger partial charge < -0.3 is 20.5 Å². The van der Waals surface area contributed by atoms with E-state index in [2.05, 4.69) is 15.4 Å². The first-order valence-electron chi connectivity index (χ1n) is 4.52. The lowest BCUT2D eigenvalue weighted by Crippen LogP contribution is -2.47. The number of carbonyl (C=O) groups excluding carboxylic acids is 1. The Bertz CT molecular complexity index is 196. The van der Waals surface area contributed by atoms with E-state index in [9.17, 15) is 9.59 Å². The molecule has 0 saturated heterocycles. The molecule has 2 amide bonds. The average molecular weight is 204 g/mol. The van der Waals surface area contributed by atoms with Crippen molar-refractivity contribution in [2.45, 2.75) is 32.9 Å². The van der Waals surface area contributed by atoms with Crippen molar-refractivity contribution in [1.29, 1.82) is 0 Å². The minimum Gasteiger partial charge on any atom is -0.465 e. The summed E-state index contributed by atoms with van der Waals surface area (Å²) in [7, 11) is 0. The van der Waals surface area contributed by atoms with Gasteiger partial charge in [-0.3, -0.25) is 0 Å². The smallest absolute Gasteiger partial charge is 0.408 e. The molecule has 0 aliphatic heterocycles. The molecule has 0 aliphatic carbocycles. The van der Waals surface area contributed by atoms with Crippen molar-refractivity contribution >= 4 is 12.2 Å². The number of rotatable bonds is 5. The van der Waals surface area contributed by atoms with Gasteiger partial charge in [0, 0.05) is 0 Å². The predicted octanol–water partition coefficient (Wildman–Crippen LogP) is 1.13. The summed E-state index contributed by atoms with van der Waals surface area (Å²) in [6, 6.07) is 0. The summed E-state index contributed by atoms with van der Waals surface area (Å²) in [4.78, 5) is 21.3. The fraction of sp³-hybridized carbons (Fsp3) is 0.750. The first kappa shape index (κ1) is 12.5. The van der Waals surface area contributed by atoms with Crippen LogP contribution in [0.15, 0.2) is 0 Å². The minimum atomic E-state index is -1.17. The zero-order valence-corrected chi connectivity index (χ0v) is 8.37. The van der Waals surface area contributed by atoms with Crippen LogP contribution in [0.5, 0.6) is 0 Å². The van der Waals surface area contributed by atoms with Gasteiger partial charge in [0.1, 0.15) is 6.17 Å². The molecule has 0 aromatic heterocycles. The average Bonchev–Trinajstić information content (AvgIpc) is 2.03. The molecular formula is C8H16N2O4. The van der Waals surface area contributed by atoms with E-state index < -0.39 is 18.4 Å². The second-order valence-electron chi connectivity index (χ2n) is 2.66. The van der Waals surface area contributed by atoms with E-state index in [1.165, 1.54) is 0 Å². The molecule has 0 aromatic rings. The Morgan fingerprint density at radius 3 is 2.43 bits per heavy atom. The molecule has 0 bridgehead atoms. The predicted molar refractivity (Wildman–Crippen MR) is 50.0 cm³/mol. The van der Waals surface area contributed by atoms with Gasteiger partial charge in [-0.15, -0.1) is 0 Å². The fourth-order valence-corrected chi connectivity index (χ4v) is 0.933. The Hall–Kier alpha value is -1.46. The molecule has 6 heteroatoms. The van der Waals surface area contributed by atoms with Crippen LogP contribution in [0.25, 0.3) is 0 Å². The Kier molecular flexibility index (Phi) is 6.26. The second kappa shape index (κ2) is 6.99. The summed E-state index contributed by atoms with van der Waals surface area (Å²) in [5, 5.41) is 13.0. The highest BCUT2D eigenvalue weighted by Crippen LogP contribution is 1.93. The standard InChI is InChI=1S/C8H16N2O4/c1-3-5-6(9-7(11)12)10-8(13)14-4-2/h6,9H,3-5H2,1-2H3,(H,10,13)(H,11,12). The molecule has 0 saturated carbocycles. The normalized spacial score (nSPS) is 11.6. The summed E-state index contributed by atoms with van der Waals surface area (Å²) < 4.78 is 4.62. The largest absolute Gasteiger partial charge is 0.465 e.